The Kier molecular flexibility index (Phi) is 6.52. The predicted octanol–water partition coefficient (Wildman–Crippen LogP) is 4.75. The minimum atomic E-state index is -2.95. The molecule has 29 heavy (non-hydrogen) atoms. The Hall–Kier alpha value is -3.74. The number of carbonyl (C=O) groups is 2. The highest BCUT2D eigenvalue weighted by atomic mass is 19.3. The highest BCUT2D eigenvalue weighted by Crippen LogP contribution is 2.27. The molecule has 0 aliphatic heterocycles. The van der Waals surface area contributed by atoms with E-state index in [0.717, 1.165) is 11.1 Å². The number of rotatable bonds is 7. The van der Waals surface area contributed by atoms with Gasteiger partial charge in [0.1, 0.15) is 5.75 Å². The van der Waals surface area contributed by atoms with Gasteiger partial charge in [-0.25, -0.2) is 4.79 Å². The van der Waals surface area contributed by atoms with E-state index in [-0.39, 0.29) is 11.3 Å². The molecule has 0 aliphatic carbocycles. The first kappa shape index (κ1) is 20.0. The van der Waals surface area contributed by atoms with E-state index in [2.05, 4.69) is 10.1 Å². The maximum Gasteiger partial charge on any atom is 0.387 e. The van der Waals surface area contributed by atoms with Crippen molar-refractivity contribution in [2.45, 2.75) is 6.61 Å². The van der Waals surface area contributed by atoms with Gasteiger partial charge in [0, 0.05) is 11.3 Å². The molecule has 1 amide bonds. The summed E-state index contributed by atoms with van der Waals surface area (Å²) < 4.78 is 33.5. The van der Waals surface area contributed by atoms with Crippen molar-refractivity contribution in [1.82, 2.24) is 0 Å². The molecule has 0 bridgehead atoms. The van der Waals surface area contributed by atoms with Gasteiger partial charge in [0.15, 0.2) is 6.61 Å². The highest BCUT2D eigenvalue weighted by Gasteiger charge is 2.13. The Morgan fingerprint density at radius 3 is 2.21 bits per heavy atom. The van der Waals surface area contributed by atoms with Gasteiger partial charge in [-0.05, 0) is 35.9 Å². The average Bonchev–Trinajstić information content (AvgIpc) is 2.73. The summed E-state index contributed by atoms with van der Waals surface area (Å²) in [6.45, 7) is -3.44. The van der Waals surface area contributed by atoms with Crippen LogP contribution in [-0.4, -0.2) is 25.1 Å². The molecule has 7 heteroatoms. The molecule has 0 fully saturated rings. The summed E-state index contributed by atoms with van der Waals surface area (Å²) in [4.78, 5) is 24.2. The van der Waals surface area contributed by atoms with Gasteiger partial charge >= 0.3 is 12.6 Å². The molecule has 1 N–H and O–H groups in total. The zero-order valence-electron chi connectivity index (χ0n) is 15.2. The SMILES string of the molecule is O=C(COC(=O)c1ccc(OC(F)F)cc1)Nc1ccccc1-c1ccccc1. The summed E-state index contributed by atoms with van der Waals surface area (Å²) in [5.41, 5.74) is 2.48. The van der Waals surface area contributed by atoms with Crippen molar-refractivity contribution in [2.75, 3.05) is 11.9 Å². The highest BCUT2D eigenvalue weighted by molar-refractivity contribution is 5.98. The smallest absolute Gasteiger partial charge is 0.387 e. The normalized spacial score (nSPS) is 10.4. The van der Waals surface area contributed by atoms with Crippen molar-refractivity contribution < 1.29 is 27.8 Å². The summed E-state index contributed by atoms with van der Waals surface area (Å²) in [5.74, 6) is -1.33. The predicted molar refractivity (Wildman–Crippen MR) is 104 cm³/mol. The van der Waals surface area contributed by atoms with Gasteiger partial charge in [-0.2, -0.15) is 8.78 Å². The fourth-order valence-corrected chi connectivity index (χ4v) is 2.63. The molecule has 0 unspecified atom stereocenters. The van der Waals surface area contributed by atoms with Crippen LogP contribution in [0.4, 0.5) is 14.5 Å². The lowest BCUT2D eigenvalue weighted by Gasteiger charge is -2.11. The number of para-hydroxylation sites is 1. The molecule has 3 rings (SSSR count). The van der Waals surface area contributed by atoms with Crippen LogP contribution in [-0.2, 0) is 9.53 Å². The second-order valence-corrected chi connectivity index (χ2v) is 5.94. The van der Waals surface area contributed by atoms with Gasteiger partial charge in [0.25, 0.3) is 5.91 Å². The second kappa shape index (κ2) is 9.45. The Bertz CT molecular complexity index is 976. The van der Waals surface area contributed by atoms with E-state index >= 15 is 0 Å². The molecule has 0 atom stereocenters. The second-order valence-electron chi connectivity index (χ2n) is 5.94. The fourth-order valence-electron chi connectivity index (χ4n) is 2.63. The molecule has 3 aromatic rings. The van der Waals surface area contributed by atoms with E-state index in [1.165, 1.54) is 24.3 Å². The first-order valence-electron chi connectivity index (χ1n) is 8.69. The average molecular weight is 397 g/mol. The maximum absolute atomic E-state index is 12.2. The van der Waals surface area contributed by atoms with Crippen molar-refractivity contribution in [2.24, 2.45) is 0 Å². The zero-order valence-corrected chi connectivity index (χ0v) is 15.2. The first-order chi connectivity index (χ1) is 14.0. The van der Waals surface area contributed by atoms with E-state index < -0.39 is 25.1 Å². The largest absolute Gasteiger partial charge is 0.452 e. The van der Waals surface area contributed by atoms with Crippen molar-refractivity contribution in [3.63, 3.8) is 0 Å². The number of esters is 1. The van der Waals surface area contributed by atoms with E-state index in [4.69, 9.17) is 4.74 Å². The minimum Gasteiger partial charge on any atom is -0.452 e. The molecule has 0 saturated heterocycles. The van der Waals surface area contributed by atoms with Crippen LogP contribution < -0.4 is 10.1 Å². The fraction of sp³-hybridized carbons (Fsp3) is 0.0909. The molecule has 3 aromatic carbocycles. The number of hydrogen-bond acceptors (Lipinski definition) is 4. The summed E-state index contributed by atoms with van der Waals surface area (Å²) in [5, 5.41) is 2.73. The van der Waals surface area contributed by atoms with Crippen LogP contribution in [0.15, 0.2) is 78.9 Å². The topological polar surface area (TPSA) is 64.6 Å². The van der Waals surface area contributed by atoms with E-state index in [9.17, 15) is 18.4 Å². The van der Waals surface area contributed by atoms with Crippen molar-refractivity contribution in [3.8, 4) is 16.9 Å². The first-order valence-corrected chi connectivity index (χ1v) is 8.69. The van der Waals surface area contributed by atoms with Gasteiger partial charge in [0.2, 0.25) is 0 Å². The summed E-state index contributed by atoms with van der Waals surface area (Å²) >= 11 is 0. The minimum absolute atomic E-state index is 0.0770. The molecule has 0 saturated carbocycles. The van der Waals surface area contributed by atoms with Gasteiger partial charge in [-0.15, -0.1) is 0 Å². The number of hydrogen-bond donors (Lipinski definition) is 1. The van der Waals surface area contributed by atoms with Gasteiger partial charge in [0.05, 0.1) is 5.56 Å². The molecule has 0 spiro atoms. The number of benzene rings is 3. The standard InChI is InChI=1S/C22H17F2NO4/c23-22(24)29-17-12-10-16(11-13-17)21(27)28-14-20(26)25-19-9-5-4-8-18(19)15-6-2-1-3-7-15/h1-13,22H,14H2,(H,25,26). The quantitative estimate of drug-likeness (QED) is 0.585. The van der Waals surface area contributed by atoms with Crippen LogP contribution in [0.25, 0.3) is 11.1 Å². The molecule has 148 valence electrons. The Balaban J connectivity index is 1.59. The molecular formula is C22H17F2NO4. The lowest BCUT2D eigenvalue weighted by atomic mass is 10.0. The molecule has 0 radical (unpaired) electrons. The monoisotopic (exact) mass is 397 g/mol. The Morgan fingerprint density at radius 2 is 1.52 bits per heavy atom. The van der Waals surface area contributed by atoms with Crippen molar-refractivity contribution in [1.29, 1.82) is 0 Å². The molecule has 0 heterocycles. The number of nitrogens with one attached hydrogen (secondary N) is 1. The van der Waals surface area contributed by atoms with Crippen LogP contribution in [0, 0.1) is 0 Å². The third-order valence-corrected chi connectivity index (χ3v) is 3.94. The lowest BCUT2D eigenvalue weighted by molar-refractivity contribution is -0.119. The third kappa shape index (κ3) is 5.62. The molecule has 5 nitrogen and oxygen atoms in total. The summed E-state index contributed by atoms with van der Waals surface area (Å²) in [6.07, 6.45) is 0. The Labute approximate surface area is 165 Å². The van der Waals surface area contributed by atoms with Crippen LogP contribution in [0.5, 0.6) is 5.75 Å². The number of carbonyl (C=O) groups excluding carboxylic acids is 2. The van der Waals surface area contributed by atoms with Crippen LogP contribution in [0.1, 0.15) is 10.4 Å². The molecular weight excluding hydrogens is 380 g/mol. The Morgan fingerprint density at radius 1 is 0.862 bits per heavy atom. The van der Waals surface area contributed by atoms with Gasteiger partial charge in [-0.1, -0.05) is 48.5 Å². The number of amides is 1. The van der Waals surface area contributed by atoms with E-state index in [1.807, 2.05) is 42.5 Å². The summed E-state index contributed by atoms with van der Waals surface area (Å²) in [6, 6.07) is 21.8. The van der Waals surface area contributed by atoms with Gasteiger partial charge in [-0.3, -0.25) is 4.79 Å². The zero-order chi connectivity index (χ0) is 20.6. The number of ether oxygens (including phenoxy) is 2. The molecule has 0 aromatic heterocycles. The number of anilines is 1. The van der Waals surface area contributed by atoms with E-state index in [0.29, 0.717) is 5.69 Å². The lowest BCUT2D eigenvalue weighted by Crippen LogP contribution is -2.21. The van der Waals surface area contributed by atoms with Crippen molar-refractivity contribution in [3.05, 3.63) is 84.4 Å². The van der Waals surface area contributed by atoms with Crippen LogP contribution in [0.2, 0.25) is 0 Å². The maximum atomic E-state index is 12.2. The van der Waals surface area contributed by atoms with Gasteiger partial charge < -0.3 is 14.8 Å². The third-order valence-electron chi connectivity index (χ3n) is 3.94. The van der Waals surface area contributed by atoms with Crippen LogP contribution in [0.3, 0.4) is 0 Å². The number of alkyl halides is 2. The molecule has 0 aliphatic rings. The van der Waals surface area contributed by atoms with Crippen LogP contribution >= 0.6 is 0 Å². The van der Waals surface area contributed by atoms with E-state index in [1.54, 1.807) is 12.1 Å². The summed E-state index contributed by atoms with van der Waals surface area (Å²) in [7, 11) is 0. The number of halogens is 2. The van der Waals surface area contributed by atoms with Crippen molar-refractivity contribution >= 4 is 17.6 Å².